The predicted octanol–water partition coefficient (Wildman–Crippen LogP) is 5.83. The first-order valence-corrected chi connectivity index (χ1v) is 11.5. The Labute approximate surface area is 181 Å². The monoisotopic (exact) mass is 415 g/mol. The van der Waals surface area contributed by atoms with Gasteiger partial charge in [0.05, 0.1) is 16.5 Å². The van der Waals surface area contributed by atoms with E-state index in [1.807, 2.05) is 38.2 Å². The number of aromatic nitrogens is 1. The van der Waals surface area contributed by atoms with E-state index in [-0.39, 0.29) is 6.10 Å². The van der Waals surface area contributed by atoms with E-state index in [1.165, 1.54) is 47.5 Å². The maximum absolute atomic E-state index is 9.54. The summed E-state index contributed by atoms with van der Waals surface area (Å²) in [6.07, 6.45) is 5.71. The molecule has 0 spiro atoms. The van der Waals surface area contributed by atoms with E-state index in [0.717, 1.165) is 17.0 Å². The van der Waals surface area contributed by atoms with Crippen molar-refractivity contribution in [1.29, 1.82) is 5.26 Å². The van der Waals surface area contributed by atoms with Crippen LogP contribution < -0.4 is 4.74 Å². The first-order valence-electron chi connectivity index (χ1n) is 10.7. The molecule has 152 valence electrons. The summed E-state index contributed by atoms with van der Waals surface area (Å²) in [7, 11) is 0. The van der Waals surface area contributed by atoms with Crippen molar-refractivity contribution in [3.63, 3.8) is 0 Å². The number of likely N-dealkylation sites (tertiary alicyclic amines) is 1. The Bertz CT molecular complexity index is 1120. The Hall–Kier alpha value is -2.68. The van der Waals surface area contributed by atoms with Crippen molar-refractivity contribution >= 4 is 11.3 Å². The van der Waals surface area contributed by atoms with E-state index in [2.05, 4.69) is 29.2 Å². The fourth-order valence-corrected chi connectivity index (χ4v) is 5.50. The molecule has 3 aromatic rings. The molecule has 1 saturated heterocycles. The second kappa shape index (κ2) is 7.86. The summed E-state index contributed by atoms with van der Waals surface area (Å²) < 4.78 is 5.75. The number of hydrogen-bond donors (Lipinski definition) is 0. The van der Waals surface area contributed by atoms with E-state index in [9.17, 15) is 5.26 Å². The highest BCUT2D eigenvalue weighted by Gasteiger charge is 2.32. The molecule has 4 nitrogen and oxygen atoms in total. The summed E-state index contributed by atoms with van der Waals surface area (Å²) in [5.74, 6) is 0.631. The molecule has 0 unspecified atom stereocenters. The van der Waals surface area contributed by atoms with Crippen molar-refractivity contribution in [3.8, 4) is 32.8 Å². The Morgan fingerprint density at radius 1 is 1.23 bits per heavy atom. The first-order chi connectivity index (χ1) is 14.6. The van der Waals surface area contributed by atoms with Crippen molar-refractivity contribution in [2.75, 3.05) is 13.1 Å². The minimum absolute atomic E-state index is 0.0367. The summed E-state index contributed by atoms with van der Waals surface area (Å²) in [5, 5.41) is 10.5. The minimum atomic E-state index is 0.0367. The molecule has 1 fully saturated rings. The number of benzene rings is 2. The smallest absolute Gasteiger partial charge is 0.137 e. The van der Waals surface area contributed by atoms with Crippen molar-refractivity contribution < 1.29 is 4.74 Å². The quantitative estimate of drug-likeness (QED) is 0.526. The third-order valence-electron chi connectivity index (χ3n) is 6.05. The predicted molar refractivity (Wildman–Crippen MR) is 121 cm³/mol. The standard InChI is InChI=1S/C25H25N3OS/c1-16(2)29-23-10-7-17(13-18(23)14-26)25-27-15-24(30-25)21-6-3-5-20-19(21)8-9-22(20)28-11-4-12-28/h3,5-7,10,13,15-16,22H,4,8-9,11-12H2,1-2H3/t22-/m0/s1. The molecule has 1 atom stereocenters. The van der Waals surface area contributed by atoms with Crippen LogP contribution in [0.15, 0.2) is 42.6 Å². The topological polar surface area (TPSA) is 49.1 Å². The normalized spacial score (nSPS) is 18.1. The highest BCUT2D eigenvalue weighted by Crippen LogP contribution is 2.44. The second-order valence-corrected chi connectivity index (χ2v) is 9.37. The molecule has 1 aliphatic heterocycles. The molecule has 0 amide bonds. The van der Waals surface area contributed by atoms with Gasteiger partial charge in [-0.2, -0.15) is 5.26 Å². The number of thiazole rings is 1. The fourth-order valence-electron chi connectivity index (χ4n) is 4.53. The Balaban J connectivity index is 1.46. The van der Waals surface area contributed by atoms with Crippen LogP contribution in [-0.2, 0) is 6.42 Å². The lowest BCUT2D eigenvalue weighted by Crippen LogP contribution is -2.39. The van der Waals surface area contributed by atoms with Crippen LogP contribution in [0.5, 0.6) is 5.75 Å². The number of ether oxygens (including phenoxy) is 1. The molecule has 5 rings (SSSR count). The maximum atomic E-state index is 9.54. The van der Waals surface area contributed by atoms with Crippen LogP contribution in [0.25, 0.3) is 21.0 Å². The molecule has 0 bridgehead atoms. The van der Waals surface area contributed by atoms with Crippen LogP contribution >= 0.6 is 11.3 Å². The zero-order valence-electron chi connectivity index (χ0n) is 17.4. The summed E-state index contributed by atoms with van der Waals surface area (Å²) >= 11 is 1.70. The third kappa shape index (κ3) is 3.40. The zero-order chi connectivity index (χ0) is 20.7. The van der Waals surface area contributed by atoms with Crippen LogP contribution in [0.2, 0.25) is 0 Å². The van der Waals surface area contributed by atoms with Gasteiger partial charge in [0.15, 0.2) is 0 Å². The number of hydrogen-bond acceptors (Lipinski definition) is 5. The lowest BCUT2D eigenvalue weighted by atomic mass is 9.99. The molecule has 2 aliphatic rings. The van der Waals surface area contributed by atoms with Crippen molar-refractivity contribution in [2.24, 2.45) is 0 Å². The van der Waals surface area contributed by atoms with Gasteiger partial charge < -0.3 is 4.74 Å². The molecular weight excluding hydrogens is 390 g/mol. The van der Waals surface area contributed by atoms with Crippen molar-refractivity contribution in [3.05, 3.63) is 59.3 Å². The van der Waals surface area contributed by atoms with E-state index >= 15 is 0 Å². The lowest BCUT2D eigenvalue weighted by molar-refractivity contribution is 0.118. The summed E-state index contributed by atoms with van der Waals surface area (Å²) in [4.78, 5) is 8.50. The largest absolute Gasteiger partial charge is 0.490 e. The highest BCUT2D eigenvalue weighted by molar-refractivity contribution is 7.18. The van der Waals surface area contributed by atoms with Gasteiger partial charge in [-0.05, 0) is 81.1 Å². The van der Waals surface area contributed by atoms with Gasteiger partial charge in [0.1, 0.15) is 16.8 Å². The molecule has 1 aromatic heterocycles. The molecule has 1 aliphatic carbocycles. The van der Waals surface area contributed by atoms with Gasteiger partial charge in [-0.15, -0.1) is 11.3 Å². The van der Waals surface area contributed by atoms with Gasteiger partial charge in [-0.25, -0.2) is 4.98 Å². The molecule has 30 heavy (non-hydrogen) atoms. The molecular formula is C25H25N3OS. The van der Waals surface area contributed by atoms with Gasteiger partial charge in [-0.1, -0.05) is 18.2 Å². The number of nitrogens with zero attached hydrogens (tertiary/aromatic N) is 3. The van der Waals surface area contributed by atoms with Gasteiger partial charge in [-0.3, -0.25) is 4.90 Å². The molecule has 5 heteroatoms. The van der Waals surface area contributed by atoms with E-state index in [1.54, 1.807) is 11.3 Å². The lowest BCUT2D eigenvalue weighted by Gasteiger charge is -2.37. The molecule has 2 heterocycles. The minimum Gasteiger partial charge on any atom is -0.490 e. The Morgan fingerprint density at radius 2 is 2.10 bits per heavy atom. The highest BCUT2D eigenvalue weighted by atomic mass is 32.1. The molecule has 0 N–H and O–H groups in total. The number of fused-ring (bicyclic) bond motifs is 1. The van der Waals surface area contributed by atoms with Gasteiger partial charge in [0.2, 0.25) is 0 Å². The third-order valence-corrected chi connectivity index (χ3v) is 7.13. The van der Waals surface area contributed by atoms with E-state index < -0.39 is 0 Å². The zero-order valence-corrected chi connectivity index (χ0v) is 18.2. The van der Waals surface area contributed by atoms with Crippen LogP contribution in [0.4, 0.5) is 0 Å². The summed E-state index contributed by atoms with van der Waals surface area (Å²) in [6.45, 7) is 6.40. The van der Waals surface area contributed by atoms with E-state index in [0.29, 0.717) is 17.4 Å². The SMILES string of the molecule is CC(C)Oc1ccc(-c2ncc(-c3cccc4c3CC[C@@H]4N3CCC3)s2)cc1C#N. The van der Waals surface area contributed by atoms with Crippen LogP contribution in [0.3, 0.4) is 0 Å². The Kier molecular flexibility index (Phi) is 5.06. The number of nitriles is 1. The van der Waals surface area contributed by atoms with Crippen molar-refractivity contribution in [1.82, 2.24) is 9.88 Å². The second-order valence-electron chi connectivity index (χ2n) is 8.34. The molecule has 0 saturated carbocycles. The van der Waals surface area contributed by atoms with Gasteiger partial charge in [0, 0.05) is 17.8 Å². The maximum Gasteiger partial charge on any atom is 0.137 e. The number of rotatable bonds is 5. The first kappa shape index (κ1) is 19.3. The summed E-state index contributed by atoms with van der Waals surface area (Å²) in [5.41, 5.74) is 5.83. The summed E-state index contributed by atoms with van der Waals surface area (Å²) in [6, 6.07) is 15.3. The van der Waals surface area contributed by atoms with Gasteiger partial charge in [0.25, 0.3) is 0 Å². The average molecular weight is 416 g/mol. The average Bonchev–Trinajstić information content (AvgIpc) is 3.34. The van der Waals surface area contributed by atoms with E-state index in [4.69, 9.17) is 9.72 Å². The van der Waals surface area contributed by atoms with Crippen molar-refractivity contribution in [2.45, 2.75) is 45.3 Å². The van der Waals surface area contributed by atoms with Crippen LogP contribution in [0, 0.1) is 11.3 Å². The fraction of sp³-hybridized carbons (Fsp3) is 0.360. The molecule has 2 aromatic carbocycles. The Morgan fingerprint density at radius 3 is 2.83 bits per heavy atom. The van der Waals surface area contributed by atoms with Gasteiger partial charge >= 0.3 is 0 Å². The van der Waals surface area contributed by atoms with Crippen LogP contribution in [0.1, 0.15) is 49.4 Å². The molecule has 0 radical (unpaired) electrons. The van der Waals surface area contributed by atoms with Crippen LogP contribution in [-0.4, -0.2) is 29.1 Å².